The molecule has 1 aliphatic rings. The van der Waals surface area contributed by atoms with Gasteiger partial charge >= 0.3 is 5.97 Å². The number of anilines is 1. The lowest BCUT2D eigenvalue weighted by atomic mass is 9.95. The van der Waals surface area contributed by atoms with Gasteiger partial charge in [0.1, 0.15) is 19.0 Å². The summed E-state index contributed by atoms with van der Waals surface area (Å²) in [5, 5.41) is 7.42. The van der Waals surface area contributed by atoms with Gasteiger partial charge in [0.15, 0.2) is 11.5 Å². The molecule has 154 valence electrons. The second-order valence-corrected chi connectivity index (χ2v) is 6.59. The Hall–Kier alpha value is -3.29. The summed E-state index contributed by atoms with van der Waals surface area (Å²) in [6, 6.07) is 5.10. The number of ether oxygens (including phenoxy) is 3. The Labute approximate surface area is 170 Å². The van der Waals surface area contributed by atoms with E-state index in [-0.39, 0.29) is 6.61 Å². The molecule has 1 aliphatic heterocycles. The van der Waals surface area contributed by atoms with E-state index in [9.17, 15) is 4.79 Å². The number of nitrogens with zero attached hydrogens (tertiary/aromatic N) is 3. The molecule has 0 aliphatic carbocycles. The third-order valence-corrected chi connectivity index (χ3v) is 4.61. The van der Waals surface area contributed by atoms with E-state index in [0.29, 0.717) is 35.3 Å². The van der Waals surface area contributed by atoms with E-state index >= 15 is 0 Å². The summed E-state index contributed by atoms with van der Waals surface area (Å²) >= 11 is 0. The number of hydrogen-bond acceptors (Lipinski definition) is 7. The van der Waals surface area contributed by atoms with Crippen LogP contribution in [-0.2, 0) is 9.53 Å². The third kappa shape index (κ3) is 4.26. The molecule has 8 nitrogen and oxygen atoms in total. The summed E-state index contributed by atoms with van der Waals surface area (Å²) in [6.45, 7) is 8.26. The van der Waals surface area contributed by atoms with E-state index in [0.717, 1.165) is 18.4 Å². The van der Waals surface area contributed by atoms with E-state index in [1.807, 2.05) is 25.1 Å². The number of carbonyl (C=O) groups is 1. The molecule has 8 heteroatoms. The summed E-state index contributed by atoms with van der Waals surface area (Å²) in [5.41, 5.74) is 1.92. The number of carbonyl (C=O) groups excluding carboxylic acids is 1. The van der Waals surface area contributed by atoms with Gasteiger partial charge in [0.25, 0.3) is 0 Å². The van der Waals surface area contributed by atoms with E-state index in [2.05, 4.69) is 28.9 Å². The first-order valence-electron chi connectivity index (χ1n) is 9.56. The Morgan fingerprint density at radius 1 is 1.38 bits per heavy atom. The molecular formula is C21H26N4O4. The molecule has 0 radical (unpaired) electrons. The van der Waals surface area contributed by atoms with Crippen molar-refractivity contribution in [1.82, 2.24) is 14.8 Å². The van der Waals surface area contributed by atoms with Crippen molar-refractivity contribution in [3.8, 4) is 11.5 Å². The highest BCUT2D eigenvalue weighted by atomic mass is 16.5. The highest BCUT2D eigenvalue weighted by Crippen LogP contribution is 2.38. The molecule has 1 atom stereocenters. The summed E-state index contributed by atoms with van der Waals surface area (Å²) in [7, 11) is 1.59. The number of aromatic nitrogens is 3. The Bertz CT molecular complexity index is 919. The quantitative estimate of drug-likeness (QED) is 0.393. The molecule has 0 saturated carbocycles. The minimum atomic E-state index is -0.510. The first-order valence-corrected chi connectivity index (χ1v) is 9.56. The molecule has 0 fully saturated rings. The van der Waals surface area contributed by atoms with Crippen LogP contribution >= 0.6 is 0 Å². The number of unbranched alkanes of at least 4 members (excludes halogenated alkanes) is 1. The van der Waals surface area contributed by atoms with Crippen LogP contribution in [0.25, 0.3) is 0 Å². The second kappa shape index (κ2) is 9.27. The fraction of sp³-hybridized carbons (Fsp3) is 0.381. The third-order valence-electron chi connectivity index (χ3n) is 4.61. The van der Waals surface area contributed by atoms with Crippen LogP contribution in [0.4, 0.5) is 5.95 Å². The van der Waals surface area contributed by atoms with Crippen LogP contribution in [0.1, 0.15) is 38.3 Å². The molecule has 1 aromatic heterocycles. The lowest BCUT2D eigenvalue weighted by molar-refractivity contribution is -0.138. The zero-order valence-corrected chi connectivity index (χ0v) is 17.0. The van der Waals surface area contributed by atoms with Crippen LogP contribution in [0.15, 0.2) is 48.5 Å². The maximum absolute atomic E-state index is 12.8. The summed E-state index contributed by atoms with van der Waals surface area (Å²) in [4.78, 5) is 17.0. The van der Waals surface area contributed by atoms with Crippen molar-refractivity contribution in [3.63, 3.8) is 0 Å². The van der Waals surface area contributed by atoms with Crippen molar-refractivity contribution in [1.29, 1.82) is 0 Å². The highest BCUT2D eigenvalue weighted by molar-refractivity contribution is 5.92. The molecular weight excluding hydrogens is 372 g/mol. The SMILES string of the molecule is C=CCOC(=O)C1=C(C)Nc2ncnn2C1c1ccc(OCCCC)c(OC)c1. The minimum Gasteiger partial charge on any atom is -0.493 e. The zero-order chi connectivity index (χ0) is 20.8. The molecule has 2 heterocycles. The van der Waals surface area contributed by atoms with E-state index < -0.39 is 12.0 Å². The molecule has 0 saturated heterocycles. The normalized spacial score (nSPS) is 15.3. The van der Waals surface area contributed by atoms with Crippen molar-refractivity contribution in [2.24, 2.45) is 0 Å². The lowest BCUT2D eigenvalue weighted by Gasteiger charge is -2.28. The van der Waals surface area contributed by atoms with Gasteiger partial charge in [0.2, 0.25) is 5.95 Å². The second-order valence-electron chi connectivity index (χ2n) is 6.59. The van der Waals surface area contributed by atoms with Gasteiger partial charge in [-0.2, -0.15) is 10.1 Å². The van der Waals surface area contributed by atoms with Crippen LogP contribution in [0.3, 0.4) is 0 Å². The van der Waals surface area contributed by atoms with Gasteiger partial charge in [-0.25, -0.2) is 9.48 Å². The average molecular weight is 398 g/mol. The number of fused-ring (bicyclic) bond motifs is 1. The van der Waals surface area contributed by atoms with Gasteiger partial charge in [-0.05, 0) is 31.0 Å². The van der Waals surface area contributed by atoms with Crippen LogP contribution in [-0.4, -0.2) is 41.1 Å². The fourth-order valence-corrected chi connectivity index (χ4v) is 3.18. The minimum absolute atomic E-state index is 0.125. The Morgan fingerprint density at radius 3 is 2.93 bits per heavy atom. The number of methoxy groups -OCH3 is 1. The van der Waals surface area contributed by atoms with Gasteiger partial charge in [-0.1, -0.05) is 32.1 Å². The van der Waals surface area contributed by atoms with Crippen LogP contribution in [0.2, 0.25) is 0 Å². The van der Waals surface area contributed by atoms with Gasteiger partial charge in [-0.15, -0.1) is 0 Å². The molecule has 0 amide bonds. The van der Waals surface area contributed by atoms with Gasteiger partial charge in [0.05, 0.1) is 19.3 Å². The smallest absolute Gasteiger partial charge is 0.338 e. The number of allylic oxidation sites excluding steroid dienone is 1. The van der Waals surface area contributed by atoms with E-state index in [1.54, 1.807) is 11.8 Å². The molecule has 3 rings (SSSR count). The maximum Gasteiger partial charge on any atom is 0.338 e. The zero-order valence-electron chi connectivity index (χ0n) is 17.0. The van der Waals surface area contributed by atoms with Crippen molar-refractivity contribution >= 4 is 11.9 Å². The molecule has 1 unspecified atom stereocenters. The lowest BCUT2D eigenvalue weighted by Crippen LogP contribution is -2.29. The van der Waals surface area contributed by atoms with Crippen molar-refractivity contribution in [2.45, 2.75) is 32.7 Å². The van der Waals surface area contributed by atoms with Crippen molar-refractivity contribution in [3.05, 3.63) is 54.0 Å². The first kappa shape index (κ1) is 20.4. The summed E-state index contributed by atoms with van der Waals surface area (Å²) < 4.78 is 18.3. The number of benzene rings is 1. The van der Waals surface area contributed by atoms with Gasteiger partial charge in [0, 0.05) is 5.70 Å². The monoisotopic (exact) mass is 398 g/mol. The Kier molecular flexibility index (Phi) is 6.54. The average Bonchev–Trinajstić information content (AvgIpc) is 3.19. The largest absolute Gasteiger partial charge is 0.493 e. The van der Waals surface area contributed by atoms with Crippen LogP contribution in [0.5, 0.6) is 11.5 Å². The first-order chi connectivity index (χ1) is 14.1. The van der Waals surface area contributed by atoms with Crippen molar-refractivity contribution in [2.75, 3.05) is 25.6 Å². The van der Waals surface area contributed by atoms with Gasteiger partial charge < -0.3 is 19.5 Å². The van der Waals surface area contributed by atoms with Gasteiger partial charge in [-0.3, -0.25) is 0 Å². The maximum atomic E-state index is 12.8. The summed E-state index contributed by atoms with van der Waals surface area (Å²) in [6.07, 6.45) is 4.99. The molecule has 1 N–H and O–H groups in total. The number of nitrogens with one attached hydrogen (secondary N) is 1. The molecule has 2 aromatic rings. The highest BCUT2D eigenvalue weighted by Gasteiger charge is 2.34. The topological polar surface area (TPSA) is 87.5 Å². The number of esters is 1. The van der Waals surface area contributed by atoms with Crippen molar-refractivity contribution < 1.29 is 19.0 Å². The number of hydrogen-bond donors (Lipinski definition) is 1. The Balaban J connectivity index is 2.01. The fourth-order valence-electron chi connectivity index (χ4n) is 3.18. The standard InChI is InChI=1S/C21H26N4O4/c1-5-7-11-28-16-9-8-15(12-17(16)27-4)19-18(20(26)29-10-6-2)14(3)24-21-22-13-23-25(19)21/h6,8-9,12-13,19H,2,5,7,10-11H2,1,3-4H3,(H,22,23,24). The molecule has 1 aromatic carbocycles. The molecule has 0 spiro atoms. The predicted octanol–water partition coefficient (Wildman–Crippen LogP) is 3.48. The molecule has 29 heavy (non-hydrogen) atoms. The Morgan fingerprint density at radius 2 is 2.21 bits per heavy atom. The summed E-state index contributed by atoms with van der Waals surface area (Å²) in [5.74, 6) is 1.36. The molecule has 0 bridgehead atoms. The number of rotatable bonds is 9. The van der Waals surface area contributed by atoms with E-state index in [1.165, 1.54) is 12.4 Å². The van der Waals surface area contributed by atoms with Crippen LogP contribution in [0, 0.1) is 0 Å². The van der Waals surface area contributed by atoms with Crippen LogP contribution < -0.4 is 14.8 Å². The van der Waals surface area contributed by atoms with E-state index in [4.69, 9.17) is 14.2 Å². The predicted molar refractivity (Wildman–Crippen MR) is 109 cm³/mol.